The maximum Gasteiger partial charge on any atom is 0.363 e. The summed E-state index contributed by atoms with van der Waals surface area (Å²) in [5.74, 6) is 0.0324. The van der Waals surface area contributed by atoms with Crippen molar-refractivity contribution < 1.29 is 4.92 Å². The van der Waals surface area contributed by atoms with E-state index in [9.17, 15) is 10.1 Å². The summed E-state index contributed by atoms with van der Waals surface area (Å²) in [5.41, 5.74) is 0.515. The van der Waals surface area contributed by atoms with Crippen LogP contribution in [0.15, 0.2) is 18.2 Å². The normalized spacial score (nSPS) is 9.55. The van der Waals surface area contributed by atoms with Crippen molar-refractivity contribution in [3.8, 4) is 0 Å². The molecule has 0 aliphatic rings. The number of halogens is 1. The second-order valence-corrected chi connectivity index (χ2v) is 2.15. The molecule has 11 heavy (non-hydrogen) atoms. The van der Waals surface area contributed by atoms with Gasteiger partial charge in [0.1, 0.15) is 0 Å². The maximum atomic E-state index is 10.2. The third-order valence-corrected chi connectivity index (χ3v) is 1.39. The van der Waals surface area contributed by atoms with Crippen molar-refractivity contribution in [3.63, 3.8) is 0 Å². The van der Waals surface area contributed by atoms with E-state index in [1.807, 2.05) is 0 Å². The van der Waals surface area contributed by atoms with E-state index >= 15 is 0 Å². The number of nitrogens with zero attached hydrogens (tertiary/aromatic N) is 2. The minimum Gasteiger partial charge on any atom is -0.358 e. The highest BCUT2D eigenvalue weighted by Crippen LogP contribution is 2.08. The molecule has 0 atom stereocenters. The SMILES string of the molecule is O=[N+]([O-])c1cccc(CCl)n1. The summed E-state index contributed by atoms with van der Waals surface area (Å²) in [4.78, 5) is 13.3. The third-order valence-electron chi connectivity index (χ3n) is 1.12. The van der Waals surface area contributed by atoms with Crippen molar-refractivity contribution in [2.24, 2.45) is 0 Å². The molecule has 0 aliphatic carbocycles. The fraction of sp³-hybridized carbons (Fsp3) is 0.167. The lowest BCUT2D eigenvalue weighted by atomic mass is 10.4. The van der Waals surface area contributed by atoms with Crippen LogP contribution in [0.1, 0.15) is 5.69 Å². The molecule has 0 spiro atoms. The molecule has 0 fully saturated rings. The van der Waals surface area contributed by atoms with Gasteiger partial charge in [0.05, 0.1) is 5.88 Å². The van der Waals surface area contributed by atoms with Gasteiger partial charge in [-0.2, -0.15) is 0 Å². The average Bonchev–Trinajstić information content (AvgIpc) is 2.05. The van der Waals surface area contributed by atoms with Crippen molar-refractivity contribution in [3.05, 3.63) is 34.0 Å². The first-order valence-electron chi connectivity index (χ1n) is 2.90. The van der Waals surface area contributed by atoms with Crippen molar-refractivity contribution >= 4 is 17.4 Å². The molecule has 0 N–H and O–H groups in total. The van der Waals surface area contributed by atoms with E-state index < -0.39 is 4.92 Å². The Morgan fingerprint density at radius 2 is 2.36 bits per heavy atom. The summed E-state index contributed by atoms with van der Waals surface area (Å²) in [6.07, 6.45) is 0. The van der Waals surface area contributed by atoms with Crippen molar-refractivity contribution in [2.45, 2.75) is 5.88 Å². The van der Waals surface area contributed by atoms with Gasteiger partial charge in [0, 0.05) is 6.07 Å². The first-order chi connectivity index (χ1) is 5.24. The zero-order valence-electron chi connectivity index (χ0n) is 5.53. The first kappa shape index (κ1) is 7.94. The first-order valence-corrected chi connectivity index (χ1v) is 3.44. The Morgan fingerprint density at radius 1 is 1.64 bits per heavy atom. The summed E-state index contributed by atoms with van der Waals surface area (Å²) in [6.45, 7) is 0. The number of alkyl halides is 1. The Morgan fingerprint density at radius 3 is 2.91 bits per heavy atom. The van der Waals surface area contributed by atoms with Crippen LogP contribution < -0.4 is 0 Å². The smallest absolute Gasteiger partial charge is 0.358 e. The summed E-state index contributed by atoms with van der Waals surface area (Å²) in [5, 5.41) is 10.2. The summed E-state index contributed by atoms with van der Waals surface area (Å²) < 4.78 is 0. The molecular formula is C6H5ClN2O2. The molecule has 0 unspecified atom stereocenters. The molecule has 1 aromatic heterocycles. The maximum absolute atomic E-state index is 10.2. The molecule has 0 amide bonds. The lowest BCUT2D eigenvalue weighted by molar-refractivity contribution is -0.389. The number of aromatic nitrogens is 1. The minimum absolute atomic E-state index is 0.164. The number of pyridine rings is 1. The summed E-state index contributed by atoms with van der Waals surface area (Å²) in [7, 11) is 0. The van der Waals surface area contributed by atoms with E-state index in [1.54, 1.807) is 12.1 Å². The quantitative estimate of drug-likeness (QED) is 0.388. The monoisotopic (exact) mass is 172 g/mol. The predicted octanol–water partition coefficient (Wildman–Crippen LogP) is 1.73. The Hall–Kier alpha value is -1.16. The molecule has 5 heteroatoms. The number of hydrogen-bond acceptors (Lipinski definition) is 3. The molecule has 0 bridgehead atoms. The van der Waals surface area contributed by atoms with Gasteiger partial charge in [-0.3, -0.25) is 0 Å². The molecular weight excluding hydrogens is 168 g/mol. The van der Waals surface area contributed by atoms with Crippen LogP contribution in [0.2, 0.25) is 0 Å². The number of rotatable bonds is 2. The average molecular weight is 173 g/mol. The molecule has 1 heterocycles. The molecule has 4 nitrogen and oxygen atoms in total. The van der Waals surface area contributed by atoms with Crippen LogP contribution in [-0.4, -0.2) is 9.91 Å². The van der Waals surface area contributed by atoms with E-state index in [4.69, 9.17) is 11.6 Å². The van der Waals surface area contributed by atoms with Gasteiger partial charge >= 0.3 is 5.82 Å². The fourth-order valence-corrected chi connectivity index (χ4v) is 0.792. The lowest BCUT2D eigenvalue weighted by Crippen LogP contribution is -1.93. The Bertz CT molecular complexity index is 277. The van der Waals surface area contributed by atoms with Gasteiger partial charge in [-0.05, 0) is 22.0 Å². The topological polar surface area (TPSA) is 56.0 Å². The summed E-state index contributed by atoms with van der Waals surface area (Å²) >= 11 is 5.42. The van der Waals surface area contributed by atoms with Crippen molar-refractivity contribution in [1.29, 1.82) is 0 Å². The molecule has 1 aromatic rings. The van der Waals surface area contributed by atoms with E-state index in [0.717, 1.165) is 0 Å². The van der Waals surface area contributed by atoms with E-state index in [2.05, 4.69) is 4.98 Å². The van der Waals surface area contributed by atoms with Gasteiger partial charge in [-0.15, -0.1) is 11.6 Å². The fourth-order valence-electron chi connectivity index (χ4n) is 0.643. The molecule has 1 rings (SSSR count). The van der Waals surface area contributed by atoms with Crippen molar-refractivity contribution in [1.82, 2.24) is 4.98 Å². The molecule has 0 saturated carbocycles. The van der Waals surface area contributed by atoms with Gasteiger partial charge in [0.2, 0.25) is 0 Å². The molecule has 58 valence electrons. The van der Waals surface area contributed by atoms with Gasteiger partial charge in [0.15, 0.2) is 5.69 Å². The van der Waals surface area contributed by atoms with E-state index in [1.165, 1.54) is 6.07 Å². The van der Waals surface area contributed by atoms with Gasteiger partial charge in [0.25, 0.3) is 0 Å². The van der Waals surface area contributed by atoms with Crippen LogP contribution in [0.5, 0.6) is 0 Å². The Kier molecular flexibility index (Phi) is 2.38. The minimum atomic E-state index is -0.546. The molecule has 0 saturated heterocycles. The number of hydrogen-bond donors (Lipinski definition) is 0. The highest BCUT2D eigenvalue weighted by Gasteiger charge is 2.07. The Balaban J connectivity index is 3.01. The van der Waals surface area contributed by atoms with Crippen molar-refractivity contribution in [2.75, 3.05) is 0 Å². The zero-order valence-corrected chi connectivity index (χ0v) is 6.28. The standard InChI is InChI=1S/C6H5ClN2O2/c7-4-5-2-1-3-6(8-5)9(10)11/h1-3H,4H2. The third kappa shape index (κ3) is 1.88. The number of nitro groups is 1. The lowest BCUT2D eigenvalue weighted by Gasteiger charge is -1.91. The predicted molar refractivity (Wildman–Crippen MR) is 40.4 cm³/mol. The van der Waals surface area contributed by atoms with Crippen LogP contribution >= 0.6 is 11.6 Å². The van der Waals surface area contributed by atoms with E-state index in [0.29, 0.717) is 5.69 Å². The van der Waals surface area contributed by atoms with Gasteiger partial charge in [-0.25, -0.2) is 0 Å². The molecule has 0 aromatic carbocycles. The van der Waals surface area contributed by atoms with Crippen LogP contribution in [-0.2, 0) is 5.88 Å². The Labute approximate surface area is 68.0 Å². The van der Waals surface area contributed by atoms with Crippen LogP contribution in [0.25, 0.3) is 0 Å². The van der Waals surface area contributed by atoms with Crippen LogP contribution in [0.4, 0.5) is 5.82 Å². The van der Waals surface area contributed by atoms with Crippen LogP contribution in [0.3, 0.4) is 0 Å². The zero-order chi connectivity index (χ0) is 8.27. The highest BCUT2D eigenvalue weighted by atomic mass is 35.5. The van der Waals surface area contributed by atoms with E-state index in [-0.39, 0.29) is 11.7 Å². The van der Waals surface area contributed by atoms with Crippen LogP contribution in [0, 0.1) is 10.1 Å². The van der Waals surface area contributed by atoms with Gasteiger partial charge in [-0.1, -0.05) is 0 Å². The second-order valence-electron chi connectivity index (χ2n) is 1.88. The molecule has 0 radical (unpaired) electrons. The summed E-state index contributed by atoms with van der Waals surface area (Å²) in [6, 6.07) is 4.53. The highest BCUT2D eigenvalue weighted by molar-refractivity contribution is 6.16. The molecule has 0 aliphatic heterocycles. The largest absolute Gasteiger partial charge is 0.363 e. The second kappa shape index (κ2) is 3.30. The van der Waals surface area contributed by atoms with Gasteiger partial charge < -0.3 is 10.1 Å².